The lowest BCUT2D eigenvalue weighted by molar-refractivity contribution is -0.133. The van der Waals surface area contributed by atoms with Crippen LogP contribution in [-0.4, -0.2) is 56.9 Å². The summed E-state index contributed by atoms with van der Waals surface area (Å²) in [7, 11) is -2.33. The summed E-state index contributed by atoms with van der Waals surface area (Å²) in [5, 5.41) is 2.06. The van der Waals surface area contributed by atoms with Gasteiger partial charge in [-0.3, -0.25) is 4.79 Å². The number of hydrogen-bond donors (Lipinski definition) is 0. The molecule has 0 spiro atoms. The number of rotatable bonds is 8. The Bertz CT molecular complexity index is 1190. The highest BCUT2D eigenvalue weighted by Gasteiger charge is 2.35. The van der Waals surface area contributed by atoms with Crippen molar-refractivity contribution < 1.29 is 17.9 Å². The molecule has 1 aliphatic rings. The summed E-state index contributed by atoms with van der Waals surface area (Å²) in [6.45, 7) is 2.53. The van der Waals surface area contributed by atoms with Crippen molar-refractivity contribution in [3.8, 4) is 0 Å². The topological polar surface area (TPSA) is 66.9 Å². The Kier molecular flexibility index (Phi) is 7.29. The van der Waals surface area contributed by atoms with Gasteiger partial charge in [-0.05, 0) is 48.1 Å². The van der Waals surface area contributed by atoms with E-state index in [1.54, 1.807) is 35.6 Å². The number of nitrogens with zero attached hydrogens (tertiary/aromatic N) is 2. The molecule has 1 atom stereocenters. The zero-order valence-corrected chi connectivity index (χ0v) is 20.4. The van der Waals surface area contributed by atoms with E-state index in [2.05, 4.69) is 11.4 Å². The van der Waals surface area contributed by atoms with Gasteiger partial charge in [0, 0.05) is 25.1 Å². The molecule has 0 aliphatic carbocycles. The number of sulfonamides is 1. The number of fused-ring (bicyclic) bond motifs is 1. The molecule has 0 N–H and O–H groups in total. The van der Waals surface area contributed by atoms with Gasteiger partial charge in [-0.1, -0.05) is 48.0 Å². The third-order valence-corrected chi connectivity index (χ3v) is 8.77. The number of hydrogen-bond acceptors (Lipinski definition) is 5. The van der Waals surface area contributed by atoms with Gasteiger partial charge in [-0.2, -0.15) is 4.31 Å². The van der Waals surface area contributed by atoms with E-state index in [-0.39, 0.29) is 36.5 Å². The maximum absolute atomic E-state index is 13.6. The fourth-order valence-corrected chi connectivity index (χ4v) is 6.44. The number of benzene rings is 2. The summed E-state index contributed by atoms with van der Waals surface area (Å²) in [6.07, 6.45) is 0.769. The van der Waals surface area contributed by atoms with Crippen LogP contribution in [0.4, 0.5) is 0 Å². The van der Waals surface area contributed by atoms with Crippen molar-refractivity contribution in [2.24, 2.45) is 0 Å². The predicted molar refractivity (Wildman–Crippen MR) is 130 cm³/mol. The molecule has 3 aromatic rings. The standard InChI is InChI=1S/C25H28N2O4S2/c1-19-8-10-21(11-9-19)33(29,30)26(15-16-31-2)18-24(28)27-14-12-23-22(13-17-32-23)25(27)20-6-4-3-5-7-20/h3-11,13,17,25H,12,14-16,18H2,1-2H3. The molecular formula is C25H28N2O4S2. The molecule has 1 aromatic heterocycles. The molecule has 0 fully saturated rings. The smallest absolute Gasteiger partial charge is 0.243 e. The molecule has 1 amide bonds. The van der Waals surface area contributed by atoms with Gasteiger partial charge in [0.1, 0.15) is 0 Å². The largest absolute Gasteiger partial charge is 0.383 e. The molecule has 1 unspecified atom stereocenters. The Labute approximate surface area is 199 Å². The van der Waals surface area contributed by atoms with Gasteiger partial charge in [0.15, 0.2) is 0 Å². The maximum atomic E-state index is 13.6. The third-order valence-electron chi connectivity index (χ3n) is 5.92. The van der Waals surface area contributed by atoms with Crippen molar-refractivity contribution in [3.63, 3.8) is 0 Å². The first-order valence-electron chi connectivity index (χ1n) is 10.9. The van der Waals surface area contributed by atoms with E-state index in [9.17, 15) is 13.2 Å². The fourth-order valence-electron chi connectivity index (χ4n) is 4.16. The van der Waals surface area contributed by atoms with Crippen molar-refractivity contribution in [2.75, 3.05) is 33.4 Å². The zero-order valence-electron chi connectivity index (χ0n) is 18.8. The minimum Gasteiger partial charge on any atom is -0.383 e. The van der Waals surface area contributed by atoms with Gasteiger partial charge in [0.2, 0.25) is 15.9 Å². The van der Waals surface area contributed by atoms with Crippen LogP contribution >= 0.6 is 11.3 Å². The van der Waals surface area contributed by atoms with Crippen LogP contribution < -0.4 is 0 Å². The number of carbonyl (C=O) groups is 1. The highest BCUT2D eigenvalue weighted by atomic mass is 32.2. The lowest BCUT2D eigenvalue weighted by Crippen LogP contribution is -2.47. The maximum Gasteiger partial charge on any atom is 0.243 e. The molecule has 0 bridgehead atoms. The van der Waals surface area contributed by atoms with E-state index in [1.807, 2.05) is 42.2 Å². The highest BCUT2D eigenvalue weighted by Crippen LogP contribution is 2.37. The minimum atomic E-state index is -3.85. The van der Waals surface area contributed by atoms with Crippen LogP contribution in [0, 0.1) is 6.92 Å². The molecule has 1 aliphatic heterocycles. The minimum absolute atomic E-state index is 0.103. The predicted octanol–water partition coefficient (Wildman–Crippen LogP) is 3.87. The number of ether oxygens (including phenoxy) is 1. The zero-order chi connectivity index (χ0) is 23.4. The number of methoxy groups -OCH3 is 1. The molecule has 33 heavy (non-hydrogen) atoms. The summed E-state index contributed by atoms with van der Waals surface area (Å²) in [4.78, 5) is 16.9. The van der Waals surface area contributed by atoms with E-state index >= 15 is 0 Å². The molecule has 0 saturated heterocycles. The Hall–Kier alpha value is -2.52. The second kappa shape index (κ2) is 10.2. The quantitative estimate of drug-likeness (QED) is 0.487. The van der Waals surface area contributed by atoms with Gasteiger partial charge in [-0.25, -0.2) is 8.42 Å². The number of amides is 1. The van der Waals surface area contributed by atoms with Crippen LogP contribution in [-0.2, 0) is 26.0 Å². The van der Waals surface area contributed by atoms with Crippen molar-refractivity contribution in [1.29, 1.82) is 0 Å². The summed E-state index contributed by atoms with van der Waals surface area (Å²) >= 11 is 1.70. The second-order valence-corrected chi connectivity index (χ2v) is 11.0. The van der Waals surface area contributed by atoms with Crippen LogP contribution in [0.2, 0.25) is 0 Å². The first-order chi connectivity index (χ1) is 15.9. The second-order valence-electron chi connectivity index (χ2n) is 8.09. The molecule has 0 saturated carbocycles. The number of thiophene rings is 1. The molecule has 8 heteroatoms. The number of aryl methyl sites for hydroxylation is 1. The Morgan fingerprint density at radius 3 is 2.55 bits per heavy atom. The summed E-state index contributed by atoms with van der Waals surface area (Å²) in [5.41, 5.74) is 3.12. The summed E-state index contributed by atoms with van der Waals surface area (Å²) in [6, 6.07) is 18.5. The van der Waals surface area contributed by atoms with E-state index in [0.29, 0.717) is 6.54 Å². The average molecular weight is 485 g/mol. The van der Waals surface area contributed by atoms with Crippen molar-refractivity contribution in [2.45, 2.75) is 24.3 Å². The molecule has 2 aromatic carbocycles. The van der Waals surface area contributed by atoms with E-state index in [1.165, 1.54) is 16.3 Å². The lowest BCUT2D eigenvalue weighted by Gasteiger charge is -2.37. The third kappa shape index (κ3) is 5.04. The summed E-state index contributed by atoms with van der Waals surface area (Å²) < 4.78 is 33.1. The lowest BCUT2D eigenvalue weighted by atomic mass is 9.93. The molecule has 174 valence electrons. The molecule has 0 radical (unpaired) electrons. The Balaban J connectivity index is 1.64. The molecule has 4 rings (SSSR count). The van der Waals surface area contributed by atoms with Crippen molar-refractivity contribution in [1.82, 2.24) is 9.21 Å². The van der Waals surface area contributed by atoms with Gasteiger partial charge in [-0.15, -0.1) is 11.3 Å². The van der Waals surface area contributed by atoms with Gasteiger partial charge in [0.05, 0.1) is 24.1 Å². The van der Waals surface area contributed by atoms with Crippen LogP contribution in [0.15, 0.2) is 70.9 Å². The van der Waals surface area contributed by atoms with Crippen molar-refractivity contribution in [3.05, 3.63) is 87.6 Å². The fraction of sp³-hybridized carbons (Fsp3) is 0.320. The Morgan fingerprint density at radius 1 is 1.12 bits per heavy atom. The van der Waals surface area contributed by atoms with Gasteiger partial charge >= 0.3 is 0 Å². The molecular weight excluding hydrogens is 456 g/mol. The average Bonchev–Trinajstić information content (AvgIpc) is 3.30. The van der Waals surface area contributed by atoms with Crippen LogP contribution in [0.25, 0.3) is 0 Å². The SMILES string of the molecule is COCCN(CC(=O)N1CCc2sccc2C1c1ccccc1)S(=O)(=O)c1ccc(C)cc1. The van der Waals surface area contributed by atoms with E-state index < -0.39 is 10.0 Å². The molecule has 2 heterocycles. The number of carbonyl (C=O) groups excluding carboxylic acids is 1. The monoisotopic (exact) mass is 484 g/mol. The Morgan fingerprint density at radius 2 is 1.85 bits per heavy atom. The van der Waals surface area contributed by atoms with Crippen LogP contribution in [0.5, 0.6) is 0 Å². The van der Waals surface area contributed by atoms with Crippen molar-refractivity contribution >= 4 is 27.3 Å². The first kappa shape index (κ1) is 23.6. The highest BCUT2D eigenvalue weighted by molar-refractivity contribution is 7.89. The van der Waals surface area contributed by atoms with Gasteiger partial charge < -0.3 is 9.64 Å². The summed E-state index contributed by atoms with van der Waals surface area (Å²) in [5.74, 6) is -0.215. The van der Waals surface area contributed by atoms with Crippen LogP contribution in [0.1, 0.15) is 27.6 Å². The first-order valence-corrected chi connectivity index (χ1v) is 13.2. The van der Waals surface area contributed by atoms with E-state index in [0.717, 1.165) is 23.1 Å². The van der Waals surface area contributed by atoms with Gasteiger partial charge in [0.25, 0.3) is 0 Å². The van der Waals surface area contributed by atoms with E-state index in [4.69, 9.17) is 4.74 Å². The normalized spacial score (nSPS) is 16.1. The molecule has 6 nitrogen and oxygen atoms in total. The van der Waals surface area contributed by atoms with Crippen LogP contribution in [0.3, 0.4) is 0 Å².